The summed E-state index contributed by atoms with van der Waals surface area (Å²) >= 11 is 0. The summed E-state index contributed by atoms with van der Waals surface area (Å²) in [5.74, 6) is 0.0825. The number of hydrogen-bond donors (Lipinski definition) is 1. The average molecular weight is 258 g/mol. The van der Waals surface area contributed by atoms with Gasteiger partial charge in [0.25, 0.3) is 5.91 Å². The maximum absolute atomic E-state index is 12.6. The van der Waals surface area contributed by atoms with Gasteiger partial charge in [-0.05, 0) is 37.4 Å². The molecule has 2 atom stereocenters. The summed E-state index contributed by atoms with van der Waals surface area (Å²) in [5.41, 5.74) is 1.73. The normalized spacial score (nSPS) is 23.8. The largest absolute Gasteiger partial charge is 0.375 e. The van der Waals surface area contributed by atoms with E-state index in [4.69, 9.17) is 4.74 Å². The Morgan fingerprint density at radius 2 is 2.21 bits per heavy atom. The summed E-state index contributed by atoms with van der Waals surface area (Å²) in [7, 11) is 0. The van der Waals surface area contributed by atoms with Crippen LogP contribution in [-0.4, -0.2) is 41.1 Å². The first-order valence-corrected chi connectivity index (χ1v) is 6.65. The third-order valence-corrected chi connectivity index (χ3v) is 3.67. The number of H-pyrrole nitrogens is 1. The van der Waals surface area contributed by atoms with Crippen LogP contribution in [0.5, 0.6) is 0 Å². The van der Waals surface area contributed by atoms with E-state index in [9.17, 15) is 4.79 Å². The molecule has 19 heavy (non-hydrogen) atoms. The van der Waals surface area contributed by atoms with Gasteiger partial charge < -0.3 is 14.6 Å². The van der Waals surface area contributed by atoms with E-state index in [1.807, 2.05) is 49.2 Å². The monoisotopic (exact) mass is 258 g/mol. The molecule has 1 aromatic carbocycles. The molecular formula is C15H18N2O2. The highest BCUT2D eigenvalue weighted by Gasteiger charge is 2.28. The molecule has 0 aliphatic carbocycles. The van der Waals surface area contributed by atoms with E-state index in [0.29, 0.717) is 13.2 Å². The lowest BCUT2D eigenvalue weighted by Gasteiger charge is -2.36. The number of hydrogen-bond acceptors (Lipinski definition) is 2. The molecule has 2 heterocycles. The lowest BCUT2D eigenvalue weighted by molar-refractivity contribution is -0.0387. The standard InChI is InChI=1S/C15H18N2O2/c1-10-9-19-11(2)8-17(10)15(18)13-4-3-12-5-6-16-14(12)7-13/h3-7,10-11,16H,8-9H2,1-2H3. The van der Waals surface area contributed by atoms with Crippen LogP contribution in [0, 0.1) is 0 Å². The van der Waals surface area contributed by atoms with Crippen molar-refractivity contribution in [2.75, 3.05) is 13.2 Å². The zero-order valence-corrected chi connectivity index (χ0v) is 11.2. The Kier molecular flexibility index (Phi) is 3.03. The second-order valence-electron chi connectivity index (χ2n) is 5.23. The summed E-state index contributed by atoms with van der Waals surface area (Å²) in [6.07, 6.45) is 1.99. The second-order valence-corrected chi connectivity index (χ2v) is 5.23. The van der Waals surface area contributed by atoms with E-state index in [1.54, 1.807) is 0 Å². The molecule has 1 N–H and O–H groups in total. The molecule has 1 aliphatic rings. The van der Waals surface area contributed by atoms with Crippen molar-refractivity contribution in [1.82, 2.24) is 9.88 Å². The number of nitrogens with zero attached hydrogens (tertiary/aromatic N) is 1. The van der Waals surface area contributed by atoms with Crippen molar-refractivity contribution in [2.24, 2.45) is 0 Å². The molecule has 1 aromatic heterocycles. The molecule has 0 saturated carbocycles. The van der Waals surface area contributed by atoms with E-state index in [1.165, 1.54) is 0 Å². The molecule has 1 aliphatic heterocycles. The Balaban J connectivity index is 1.89. The molecule has 1 amide bonds. The van der Waals surface area contributed by atoms with Crippen molar-refractivity contribution in [3.63, 3.8) is 0 Å². The van der Waals surface area contributed by atoms with E-state index >= 15 is 0 Å². The zero-order valence-electron chi connectivity index (χ0n) is 11.2. The second kappa shape index (κ2) is 4.70. The number of morpholine rings is 1. The highest BCUT2D eigenvalue weighted by Crippen LogP contribution is 2.19. The van der Waals surface area contributed by atoms with Gasteiger partial charge in [0.2, 0.25) is 0 Å². The van der Waals surface area contributed by atoms with Gasteiger partial charge in [0, 0.05) is 23.8 Å². The van der Waals surface area contributed by atoms with Gasteiger partial charge in [0.05, 0.1) is 18.8 Å². The third-order valence-electron chi connectivity index (χ3n) is 3.67. The van der Waals surface area contributed by atoms with Crippen LogP contribution in [0.15, 0.2) is 30.5 Å². The predicted octanol–water partition coefficient (Wildman–Crippen LogP) is 2.42. The van der Waals surface area contributed by atoms with Crippen molar-refractivity contribution in [2.45, 2.75) is 26.0 Å². The number of fused-ring (bicyclic) bond motifs is 1. The van der Waals surface area contributed by atoms with Gasteiger partial charge in [0.15, 0.2) is 0 Å². The number of carbonyl (C=O) groups is 1. The number of nitrogens with one attached hydrogen (secondary N) is 1. The third kappa shape index (κ3) is 2.24. The van der Waals surface area contributed by atoms with Crippen LogP contribution in [0.3, 0.4) is 0 Å². The summed E-state index contributed by atoms with van der Waals surface area (Å²) < 4.78 is 5.56. The minimum Gasteiger partial charge on any atom is -0.375 e. The molecule has 2 unspecified atom stereocenters. The lowest BCUT2D eigenvalue weighted by Crippen LogP contribution is -2.50. The van der Waals surface area contributed by atoms with Crippen LogP contribution in [0.2, 0.25) is 0 Å². The molecule has 4 nitrogen and oxygen atoms in total. The van der Waals surface area contributed by atoms with Gasteiger partial charge in [-0.1, -0.05) is 6.07 Å². The fraction of sp³-hybridized carbons (Fsp3) is 0.400. The molecule has 4 heteroatoms. The van der Waals surface area contributed by atoms with Crippen LogP contribution >= 0.6 is 0 Å². The summed E-state index contributed by atoms with van der Waals surface area (Å²) in [6.45, 7) is 5.29. The fourth-order valence-electron chi connectivity index (χ4n) is 2.53. The van der Waals surface area contributed by atoms with Gasteiger partial charge >= 0.3 is 0 Å². The highest BCUT2D eigenvalue weighted by atomic mass is 16.5. The number of carbonyl (C=O) groups excluding carboxylic acids is 1. The summed E-state index contributed by atoms with van der Waals surface area (Å²) in [5, 5.41) is 1.12. The fourth-order valence-corrected chi connectivity index (χ4v) is 2.53. The quantitative estimate of drug-likeness (QED) is 0.853. The van der Waals surface area contributed by atoms with Crippen LogP contribution in [0.25, 0.3) is 10.9 Å². The van der Waals surface area contributed by atoms with Crippen molar-refractivity contribution >= 4 is 16.8 Å². The van der Waals surface area contributed by atoms with Crippen molar-refractivity contribution in [3.05, 3.63) is 36.0 Å². The minimum absolute atomic E-state index is 0.0825. The Hall–Kier alpha value is -1.81. The van der Waals surface area contributed by atoms with Gasteiger partial charge in [-0.3, -0.25) is 4.79 Å². The first kappa shape index (κ1) is 12.2. The van der Waals surface area contributed by atoms with Gasteiger partial charge in [-0.2, -0.15) is 0 Å². The van der Waals surface area contributed by atoms with Crippen LogP contribution in [0.4, 0.5) is 0 Å². The van der Waals surface area contributed by atoms with Crippen LogP contribution < -0.4 is 0 Å². The molecule has 0 spiro atoms. The van der Waals surface area contributed by atoms with E-state index in [2.05, 4.69) is 4.98 Å². The van der Waals surface area contributed by atoms with Crippen LogP contribution in [-0.2, 0) is 4.74 Å². The highest BCUT2D eigenvalue weighted by molar-refractivity contribution is 5.98. The number of aromatic amines is 1. The molecule has 3 rings (SSSR count). The molecule has 1 fully saturated rings. The Morgan fingerprint density at radius 3 is 3.05 bits per heavy atom. The molecule has 0 bridgehead atoms. The van der Waals surface area contributed by atoms with Crippen molar-refractivity contribution in [3.8, 4) is 0 Å². The number of rotatable bonds is 1. The minimum atomic E-state index is 0.0825. The first-order chi connectivity index (χ1) is 9.15. The van der Waals surface area contributed by atoms with Gasteiger partial charge in [-0.15, -0.1) is 0 Å². The number of amides is 1. The maximum Gasteiger partial charge on any atom is 0.254 e. The van der Waals surface area contributed by atoms with Crippen molar-refractivity contribution < 1.29 is 9.53 Å². The SMILES string of the molecule is CC1CN(C(=O)c2ccc3cc[nH]c3c2)C(C)CO1. The van der Waals surface area contributed by atoms with E-state index in [-0.39, 0.29) is 18.1 Å². The summed E-state index contributed by atoms with van der Waals surface area (Å²) in [6, 6.07) is 7.93. The molecular weight excluding hydrogens is 240 g/mol. The molecule has 2 aromatic rings. The summed E-state index contributed by atoms with van der Waals surface area (Å²) in [4.78, 5) is 17.6. The predicted molar refractivity (Wildman–Crippen MR) is 74.2 cm³/mol. The number of benzene rings is 1. The van der Waals surface area contributed by atoms with Crippen LogP contribution in [0.1, 0.15) is 24.2 Å². The molecule has 1 saturated heterocycles. The first-order valence-electron chi connectivity index (χ1n) is 6.65. The Bertz CT molecular complexity index is 605. The average Bonchev–Trinajstić information content (AvgIpc) is 2.88. The van der Waals surface area contributed by atoms with E-state index < -0.39 is 0 Å². The van der Waals surface area contributed by atoms with Crippen molar-refractivity contribution in [1.29, 1.82) is 0 Å². The van der Waals surface area contributed by atoms with Gasteiger partial charge in [-0.25, -0.2) is 0 Å². The number of ether oxygens (including phenoxy) is 1. The Labute approximate surface area is 112 Å². The molecule has 0 radical (unpaired) electrons. The smallest absolute Gasteiger partial charge is 0.254 e. The number of aromatic nitrogens is 1. The van der Waals surface area contributed by atoms with Gasteiger partial charge in [0.1, 0.15) is 0 Å². The van der Waals surface area contributed by atoms with E-state index in [0.717, 1.165) is 16.5 Å². The zero-order chi connectivity index (χ0) is 13.4. The maximum atomic E-state index is 12.6. The lowest BCUT2D eigenvalue weighted by atomic mass is 10.1. The Morgan fingerprint density at radius 1 is 1.37 bits per heavy atom. The molecule has 100 valence electrons. The topological polar surface area (TPSA) is 45.3 Å².